The number of rotatable bonds is 6. The third-order valence-corrected chi connectivity index (χ3v) is 5.34. The highest BCUT2D eigenvalue weighted by Gasteiger charge is 2.34. The molecule has 144 valence electrons. The molecule has 0 aliphatic heterocycles. The number of aryl methyl sites for hydroxylation is 1. The van der Waals surface area contributed by atoms with E-state index in [0.29, 0.717) is 5.92 Å². The fourth-order valence-electron chi connectivity index (χ4n) is 3.81. The van der Waals surface area contributed by atoms with Crippen molar-refractivity contribution in [2.45, 2.75) is 38.3 Å². The number of hydrogen-bond acceptors (Lipinski definition) is 5. The molecule has 1 aliphatic carbocycles. The molecular weight excluding hydrogens is 354 g/mol. The first-order chi connectivity index (χ1) is 13.6. The monoisotopic (exact) mass is 377 g/mol. The van der Waals surface area contributed by atoms with Crippen molar-refractivity contribution >= 4 is 5.65 Å². The van der Waals surface area contributed by atoms with E-state index in [1.165, 1.54) is 12.8 Å². The van der Waals surface area contributed by atoms with Gasteiger partial charge in [0.15, 0.2) is 0 Å². The lowest BCUT2D eigenvalue weighted by molar-refractivity contribution is 0.151. The van der Waals surface area contributed by atoms with Gasteiger partial charge in [-0.3, -0.25) is 13.8 Å². The van der Waals surface area contributed by atoms with Crippen molar-refractivity contribution in [2.75, 3.05) is 0 Å². The first-order valence-corrected chi connectivity index (χ1v) is 9.64. The standard InChI is InChI=1S/C20H23N7O/c1-13(28)7-18(14-3-4-14)27-12-16(10-23-27)20-24-17(15-9-22-25(2)11-15)8-19-21-5-6-26(19)20/h5-6,8-14,18,28H,3-4,7H2,1-2H3/t13-,18-/m0/s1. The Kier molecular flexibility index (Phi) is 4.01. The topological polar surface area (TPSA) is 86.1 Å². The number of fused-ring (bicyclic) bond motifs is 1. The highest BCUT2D eigenvalue weighted by Crippen LogP contribution is 2.42. The molecule has 1 N–H and O–H groups in total. The van der Waals surface area contributed by atoms with E-state index < -0.39 is 0 Å². The number of nitrogens with zero attached hydrogens (tertiary/aromatic N) is 7. The summed E-state index contributed by atoms with van der Waals surface area (Å²) < 4.78 is 5.74. The summed E-state index contributed by atoms with van der Waals surface area (Å²) in [6, 6.07) is 2.19. The highest BCUT2D eigenvalue weighted by atomic mass is 16.3. The maximum atomic E-state index is 9.89. The molecule has 0 radical (unpaired) electrons. The second-order valence-electron chi connectivity index (χ2n) is 7.72. The van der Waals surface area contributed by atoms with Crippen molar-refractivity contribution in [2.24, 2.45) is 13.0 Å². The van der Waals surface area contributed by atoms with E-state index in [1.54, 1.807) is 17.1 Å². The van der Waals surface area contributed by atoms with Gasteiger partial charge in [0, 0.05) is 43.5 Å². The van der Waals surface area contributed by atoms with Crippen LogP contribution in [-0.4, -0.2) is 45.1 Å². The Balaban J connectivity index is 1.57. The van der Waals surface area contributed by atoms with Crippen LogP contribution in [0.2, 0.25) is 0 Å². The SMILES string of the molecule is C[C@H](O)C[C@@H](C1CC1)n1cc(-c2nc(-c3cnn(C)c3)cc3nccn23)cn1. The van der Waals surface area contributed by atoms with E-state index in [9.17, 15) is 5.11 Å². The maximum Gasteiger partial charge on any atom is 0.149 e. The first-order valence-electron chi connectivity index (χ1n) is 9.64. The summed E-state index contributed by atoms with van der Waals surface area (Å²) in [6.07, 6.45) is 14.1. The number of hydrogen-bond donors (Lipinski definition) is 1. The zero-order valence-corrected chi connectivity index (χ0v) is 16.0. The third-order valence-electron chi connectivity index (χ3n) is 5.34. The molecule has 1 saturated carbocycles. The molecule has 28 heavy (non-hydrogen) atoms. The van der Waals surface area contributed by atoms with Gasteiger partial charge in [0.1, 0.15) is 11.5 Å². The lowest BCUT2D eigenvalue weighted by atomic mass is 10.1. The number of aromatic nitrogens is 7. The predicted octanol–water partition coefficient (Wildman–Crippen LogP) is 2.72. The predicted molar refractivity (Wildman–Crippen MR) is 104 cm³/mol. The van der Waals surface area contributed by atoms with Gasteiger partial charge in [-0.15, -0.1) is 0 Å². The van der Waals surface area contributed by atoms with Crippen LogP contribution < -0.4 is 0 Å². The highest BCUT2D eigenvalue weighted by molar-refractivity contribution is 5.68. The number of imidazole rings is 1. The average Bonchev–Trinajstić information content (AvgIpc) is 3.07. The van der Waals surface area contributed by atoms with Crippen LogP contribution >= 0.6 is 0 Å². The Bertz CT molecular complexity index is 1120. The largest absolute Gasteiger partial charge is 0.393 e. The lowest BCUT2D eigenvalue weighted by Crippen LogP contribution is -2.17. The van der Waals surface area contributed by atoms with Crippen molar-refractivity contribution in [3.63, 3.8) is 0 Å². The second kappa shape index (κ2) is 6.56. The quantitative estimate of drug-likeness (QED) is 0.558. The Labute approximate surface area is 162 Å². The summed E-state index contributed by atoms with van der Waals surface area (Å²) in [6.45, 7) is 1.84. The van der Waals surface area contributed by atoms with Gasteiger partial charge in [0.2, 0.25) is 0 Å². The van der Waals surface area contributed by atoms with Gasteiger partial charge in [-0.25, -0.2) is 9.97 Å². The van der Waals surface area contributed by atoms with Crippen LogP contribution in [0.15, 0.2) is 43.2 Å². The van der Waals surface area contributed by atoms with Gasteiger partial charge in [0.05, 0.1) is 35.8 Å². The minimum absolute atomic E-state index is 0.230. The van der Waals surface area contributed by atoms with Gasteiger partial charge in [0.25, 0.3) is 0 Å². The summed E-state index contributed by atoms with van der Waals surface area (Å²) in [5.74, 6) is 1.40. The summed E-state index contributed by atoms with van der Waals surface area (Å²) in [5, 5.41) is 18.8. The molecule has 0 amide bonds. The zero-order chi connectivity index (χ0) is 19.3. The molecule has 5 rings (SSSR count). The number of aliphatic hydroxyl groups excluding tert-OH is 1. The lowest BCUT2D eigenvalue weighted by Gasteiger charge is -2.18. The Morgan fingerprint density at radius 1 is 1.18 bits per heavy atom. The van der Waals surface area contributed by atoms with Crippen LogP contribution in [0, 0.1) is 5.92 Å². The van der Waals surface area contributed by atoms with E-state index in [-0.39, 0.29) is 12.1 Å². The molecule has 1 aliphatic rings. The first kappa shape index (κ1) is 17.1. The molecule has 1 fully saturated rings. The van der Waals surface area contributed by atoms with E-state index in [2.05, 4.69) is 15.2 Å². The van der Waals surface area contributed by atoms with Gasteiger partial charge in [-0.1, -0.05) is 0 Å². The van der Waals surface area contributed by atoms with Gasteiger partial charge < -0.3 is 5.11 Å². The van der Waals surface area contributed by atoms with Crippen LogP contribution in [0.1, 0.15) is 32.2 Å². The van der Waals surface area contributed by atoms with Crippen molar-refractivity contribution < 1.29 is 5.11 Å². The Hall–Kier alpha value is -3.00. The van der Waals surface area contributed by atoms with E-state index in [0.717, 1.165) is 34.7 Å². The van der Waals surface area contributed by atoms with Gasteiger partial charge >= 0.3 is 0 Å². The third kappa shape index (κ3) is 3.09. The van der Waals surface area contributed by atoms with Crippen molar-refractivity contribution in [3.8, 4) is 22.6 Å². The van der Waals surface area contributed by atoms with Crippen LogP contribution in [0.4, 0.5) is 0 Å². The molecule has 0 unspecified atom stereocenters. The Morgan fingerprint density at radius 2 is 2.00 bits per heavy atom. The van der Waals surface area contributed by atoms with E-state index >= 15 is 0 Å². The second-order valence-corrected chi connectivity index (χ2v) is 7.72. The van der Waals surface area contributed by atoms with Gasteiger partial charge in [-0.05, 0) is 32.1 Å². The van der Waals surface area contributed by atoms with Crippen LogP contribution in [-0.2, 0) is 7.05 Å². The molecule has 0 bridgehead atoms. The minimum Gasteiger partial charge on any atom is -0.393 e. The van der Waals surface area contributed by atoms with Crippen molar-refractivity contribution in [1.29, 1.82) is 0 Å². The van der Waals surface area contributed by atoms with Crippen LogP contribution in [0.25, 0.3) is 28.3 Å². The van der Waals surface area contributed by atoms with E-state index in [4.69, 9.17) is 4.98 Å². The molecule has 0 spiro atoms. The van der Waals surface area contributed by atoms with Crippen LogP contribution in [0.5, 0.6) is 0 Å². The Morgan fingerprint density at radius 3 is 2.71 bits per heavy atom. The molecule has 4 heterocycles. The molecule has 0 saturated heterocycles. The minimum atomic E-state index is -0.342. The van der Waals surface area contributed by atoms with Crippen LogP contribution in [0.3, 0.4) is 0 Å². The average molecular weight is 377 g/mol. The number of aliphatic hydroxyl groups is 1. The fourth-order valence-corrected chi connectivity index (χ4v) is 3.81. The normalized spacial score (nSPS) is 16.5. The fraction of sp³-hybridized carbons (Fsp3) is 0.400. The molecule has 2 atom stereocenters. The van der Waals surface area contributed by atoms with Crippen molar-refractivity contribution in [1.82, 2.24) is 33.9 Å². The molecular formula is C20H23N7O. The van der Waals surface area contributed by atoms with E-state index in [1.807, 2.05) is 53.9 Å². The molecule has 4 aromatic rings. The molecule has 4 aromatic heterocycles. The summed E-state index contributed by atoms with van der Waals surface area (Å²) in [4.78, 5) is 9.34. The summed E-state index contributed by atoms with van der Waals surface area (Å²) in [5.41, 5.74) is 3.55. The van der Waals surface area contributed by atoms with Gasteiger partial charge in [-0.2, -0.15) is 10.2 Å². The molecule has 8 heteroatoms. The van der Waals surface area contributed by atoms with Crippen molar-refractivity contribution in [3.05, 3.63) is 43.2 Å². The summed E-state index contributed by atoms with van der Waals surface area (Å²) in [7, 11) is 1.89. The maximum absolute atomic E-state index is 9.89. The zero-order valence-electron chi connectivity index (χ0n) is 16.0. The smallest absolute Gasteiger partial charge is 0.149 e. The molecule has 8 nitrogen and oxygen atoms in total. The summed E-state index contributed by atoms with van der Waals surface area (Å²) >= 11 is 0. The molecule has 0 aromatic carbocycles.